The van der Waals surface area contributed by atoms with Crippen molar-refractivity contribution in [3.8, 4) is 0 Å². The van der Waals surface area contributed by atoms with E-state index in [9.17, 15) is 14.4 Å². The van der Waals surface area contributed by atoms with Crippen LogP contribution in [-0.2, 0) is 33.8 Å². The first-order chi connectivity index (χ1) is 35.6. The van der Waals surface area contributed by atoms with Gasteiger partial charge in [-0.15, -0.1) is 6.58 Å². The highest BCUT2D eigenvalue weighted by Gasteiger charge is 2.40. The number of amides is 2. The molecule has 1 aromatic heterocycles. The Balaban J connectivity index is 0.000000973. The van der Waals surface area contributed by atoms with Crippen molar-refractivity contribution in [1.82, 2.24) is 20.2 Å². The van der Waals surface area contributed by atoms with E-state index in [0.717, 1.165) is 159 Å². The van der Waals surface area contributed by atoms with E-state index in [1.165, 1.54) is 23.3 Å². The summed E-state index contributed by atoms with van der Waals surface area (Å²) in [4.78, 5) is 52.7. The summed E-state index contributed by atoms with van der Waals surface area (Å²) in [7, 11) is 0. The van der Waals surface area contributed by atoms with Crippen LogP contribution in [0.15, 0.2) is 60.4 Å². The van der Waals surface area contributed by atoms with Crippen molar-refractivity contribution in [1.29, 1.82) is 0 Å². The number of benzene rings is 2. The SMILES string of the molecule is C=CCc1ccc(NCCCCNC(=O)CCCCCCCCNc2cc(N3CCC4(CC3)CN(c3cc(F)c(CN5CCC(C)(C)CC5)cc3F)CC(N)=N4)ncn2)cc1CC.CC.CC(CCC=O)C(N)=O. The number of unbranched alkanes of at least 4 members (excludes halogenated alkanes) is 6. The van der Waals surface area contributed by atoms with Crippen molar-refractivity contribution >= 4 is 46.9 Å². The summed E-state index contributed by atoms with van der Waals surface area (Å²) in [5.41, 5.74) is 15.7. The number of rotatable bonds is 27. The number of hydrogen-bond donors (Lipinski definition) is 5. The van der Waals surface area contributed by atoms with Gasteiger partial charge in [-0.1, -0.05) is 79.4 Å². The van der Waals surface area contributed by atoms with Crippen molar-refractivity contribution in [3.05, 3.63) is 83.7 Å². The summed E-state index contributed by atoms with van der Waals surface area (Å²) in [6, 6.07) is 11.3. The standard InChI is InChI=1S/C50H74F2N10O.C6H11NO2.C2H6/c1-5-15-39-17-18-41(30-38(39)6-2)54-23-13-14-25-56-48(63)16-11-9-7-8-10-12-24-55-46-33-47(58-37-57-46)61-28-21-50(22-29-61)36-62(35-45(53)59-50)44-32-42(51)40(31-43(44)52)34-60-26-19-49(3,4)20-27-60;1-5(6(7)9)3-2-4-8;1-2/h5,17-18,30-33,37,54H,1,6-16,19-29,34-36H2,2-4H3,(H2,53,59)(H,56,63)(H,55,57,58);4-5H,2-3H2,1H3,(H2,7,9);1-2H3. The lowest BCUT2D eigenvalue weighted by molar-refractivity contribution is -0.122. The van der Waals surface area contributed by atoms with Crippen LogP contribution in [0.4, 0.5) is 31.8 Å². The second-order valence-electron chi connectivity index (χ2n) is 20.9. The molecule has 2 fully saturated rings. The third-order valence-electron chi connectivity index (χ3n) is 14.5. The predicted octanol–water partition coefficient (Wildman–Crippen LogP) is 10.1. The van der Waals surface area contributed by atoms with Crippen LogP contribution >= 0.6 is 0 Å². The summed E-state index contributed by atoms with van der Waals surface area (Å²) >= 11 is 0. The number of aryl methyl sites for hydroxylation is 1. The van der Waals surface area contributed by atoms with Gasteiger partial charge in [0.15, 0.2) is 0 Å². The molecular weight excluding hydrogens is 937 g/mol. The number of nitrogens with zero attached hydrogens (tertiary/aromatic N) is 6. The highest BCUT2D eigenvalue weighted by Crippen LogP contribution is 2.36. The quantitative estimate of drug-likeness (QED) is 0.0278. The average Bonchev–Trinajstić information content (AvgIpc) is 3.38. The van der Waals surface area contributed by atoms with Gasteiger partial charge in [-0.2, -0.15) is 0 Å². The van der Waals surface area contributed by atoms with E-state index in [1.807, 2.05) is 30.9 Å². The van der Waals surface area contributed by atoms with Gasteiger partial charge in [0, 0.05) is 88.0 Å². The molecule has 16 heteroatoms. The number of carbonyl (C=O) groups is 3. The second-order valence-corrected chi connectivity index (χ2v) is 20.9. The second kappa shape index (κ2) is 31.9. The zero-order valence-electron chi connectivity index (χ0n) is 45.9. The Kier molecular flexibility index (Phi) is 26.3. The van der Waals surface area contributed by atoms with E-state index in [-0.39, 0.29) is 35.8 Å². The Morgan fingerprint density at radius 2 is 1.50 bits per heavy atom. The third-order valence-corrected chi connectivity index (χ3v) is 14.5. The van der Waals surface area contributed by atoms with Gasteiger partial charge < -0.3 is 42.0 Å². The molecule has 410 valence electrons. The molecule has 0 radical (unpaired) electrons. The number of piperidine rings is 2. The smallest absolute Gasteiger partial charge is 0.220 e. The molecule has 2 aromatic carbocycles. The van der Waals surface area contributed by atoms with Gasteiger partial charge >= 0.3 is 0 Å². The predicted molar refractivity (Wildman–Crippen MR) is 301 cm³/mol. The molecule has 2 saturated heterocycles. The Bertz CT molecular complexity index is 2220. The number of primary amides is 1. The Morgan fingerprint density at radius 3 is 2.19 bits per heavy atom. The zero-order chi connectivity index (χ0) is 53.9. The minimum Gasteiger partial charge on any atom is -0.386 e. The maximum Gasteiger partial charge on any atom is 0.220 e. The molecule has 1 atom stereocenters. The number of halogens is 2. The molecule has 3 aliphatic rings. The first-order valence-corrected chi connectivity index (χ1v) is 27.7. The molecular formula is C58H91F2N11O3. The fraction of sp³-hybridized carbons (Fsp3) is 0.621. The van der Waals surface area contributed by atoms with Crippen molar-refractivity contribution < 1.29 is 23.2 Å². The molecule has 6 rings (SSSR count). The topological polar surface area (TPSA) is 187 Å². The van der Waals surface area contributed by atoms with E-state index >= 15 is 8.78 Å². The van der Waals surface area contributed by atoms with Crippen LogP contribution in [-0.4, -0.2) is 103 Å². The lowest BCUT2D eigenvalue weighted by Gasteiger charge is -2.45. The van der Waals surface area contributed by atoms with Crippen LogP contribution in [0, 0.1) is 23.0 Å². The Labute approximate surface area is 442 Å². The fourth-order valence-electron chi connectivity index (χ4n) is 9.70. The van der Waals surface area contributed by atoms with Crippen molar-refractivity contribution in [3.63, 3.8) is 0 Å². The number of likely N-dealkylation sites (tertiary alicyclic amines) is 1. The van der Waals surface area contributed by atoms with E-state index in [2.05, 4.69) is 81.3 Å². The molecule has 7 N–H and O–H groups in total. The lowest BCUT2D eigenvalue weighted by Crippen LogP contribution is -2.56. The number of aliphatic imine (C=N–C) groups is 1. The number of hydrogen-bond acceptors (Lipinski definition) is 12. The fourth-order valence-corrected chi connectivity index (χ4v) is 9.70. The molecule has 0 saturated carbocycles. The number of aldehydes is 1. The third kappa shape index (κ3) is 20.6. The van der Waals surface area contributed by atoms with Gasteiger partial charge in [-0.3, -0.25) is 19.5 Å². The molecule has 74 heavy (non-hydrogen) atoms. The highest BCUT2D eigenvalue weighted by molar-refractivity contribution is 5.87. The maximum absolute atomic E-state index is 15.7. The average molecular weight is 1030 g/mol. The van der Waals surface area contributed by atoms with Gasteiger partial charge in [-0.05, 0) is 118 Å². The molecule has 1 unspecified atom stereocenters. The minimum absolute atomic E-state index is 0.156. The van der Waals surface area contributed by atoms with E-state index in [1.54, 1.807) is 13.3 Å². The number of aromatic nitrogens is 2. The van der Waals surface area contributed by atoms with Gasteiger partial charge in [-0.25, -0.2) is 18.7 Å². The number of nitrogens with one attached hydrogen (secondary N) is 3. The summed E-state index contributed by atoms with van der Waals surface area (Å²) in [5.74, 6) is 0.976. The normalized spacial score (nSPS) is 16.4. The first kappa shape index (κ1) is 60.9. The van der Waals surface area contributed by atoms with Crippen LogP contribution in [0.2, 0.25) is 0 Å². The van der Waals surface area contributed by atoms with Crippen LogP contribution < -0.4 is 37.2 Å². The van der Waals surface area contributed by atoms with Gasteiger partial charge in [0.2, 0.25) is 11.8 Å². The summed E-state index contributed by atoms with van der Waals surface area (Å²) < 4.78 is 31.2. The monoisotopic (exact) mass is 1030 g/mol. The molecule has 0 bridgehead atoms. The van der Waals surface area contributed by atoms with Crippen molar-refractivity contribution in [2.45, 2.75) is 163 Å². The number of carbonyl (C=O) groups excluding carboxylic acids is 3. The maximum atomic E-state index is 15.7. The van der Waals surface area contributed by atoms with Crippen molar-refractivity contribution in [2.75, 3.05) is 79.3 Å². The molecule has 1 spiro atoms. The molecule has 4 heterocycles. The summed E-state index contributed by atoms with van der Waals surface area (Å²) in [5, 5.41) is 10.1. The van der Waals surface area contributed by atoms with E-state index < -0.39 is 11.4 Å². The largest absolute Gasteiger partial charge is 0.386 e. The minimum atomic E-state index is -0.473. The molecule has 3 aliphatic heterocycles. The molecule has 3 aromatic rings. The lowest BCUT2D eigenvalue weighted by atomic mass is 9.82. The van der Waals surface area contributed by atoms with E-state index in [4.69, 9.17) is 16.5 Å². The molecule has 14 nitrogen and oxygen atoms in total. The van der Waals surface area contributed by atoms with Crippen LogP contribution in [0.25, 0.3) is 0 Å². The first-order valence-electron chi connectivity index (χ1n) is 27.7. The van der Waals surface area contributed by atoms with Crippen LogP contribution in [0.1, 0.15) is 155 Å². The van der Waals surface area contributed by atoms with Crippen LogP contribution in [0.5, 0.6) is 0 Å². The summed E-state index contributed by atoms with van der Waals surface area (Å²) in [6.07, 6.45) is 19.8. The van der Waals surface area contributed by atoms with E-state index in [0.29, 0.717) is 49.2 Å². The number of nitrogens with two attached hydrogens (primary N) is 2. The summed E-state index contributed by atoms with van der Waals surface area (Å²) in [6.45, 7) is 23.1. The van der Waals surface area contributed by atoms with Crippen molar-refractivity contribution in [2.24, 2.45) is 27.8 Å². The van der Waals surface area contributed by atoms with Gasteiger partial charge in [0.1, 0.15) is 41.7 Å². The number of allylic oxidation sites excluding steroid dienone is 1. The number of amidine groups is 1. The highest BCUT2D eigenvalue weighted by atomic mass is 19.1. The molecule has 2 amide bonds. The Hall–Kier alpha value is -5.64. The van der Waals surface area contributed by atoms with Gasteiger partial charge in [0.25, 0.3) is 0 Å². The van der Waals surface area contributed by atoms with Gasteiger partial charge in [0.05, 0.1) is 17.8 Å². The zero-order valence-corrected chi connectivity index (χ0v) is 45.9. The van der Waals surface area contributed by atoms with Crippen LogP contribution in [0.3, 0.4) is 0 Å². The molecule has 0 aliphatic carbocycles. The number of anilines is 4. The Morgan fingerprint density at radius 1 is 0.824 bits per heavy atom.